The van der Waals surface area contributed by atoms with Gasteiger partial charge in [-0.2, -0.15) is 0 Å². The summed E-state index contributed by atoms with van der Waals surface area (Å²) in [5.74, 6) is -0.542. The lowest BCUT2D eigenvalue weighted by atomic mass is 10.1. The van der Waals surface area contributed by atoms with Crippen molar-refractivity contribution in [3.05, 3.63) is 87.2 Å². The van der Waals surface area contributed by atoms with Gasteiger partial charge in [-0.1, -0.05) is 30.3 Å². The largest absolute Gasteiger partial charge is 0.394 e. The maximum Gasteiger partial charge on any atom is 0.333 e. The summed E-state index contributed by atoms with van der Waals surface area (Å²) in [5, 5.41) is 29.4. The first-order valence-electron chi connectivity index (χ1n) is 9.55. The Morgan fingerprint density at radius 3 is 2.52 bits per heavy atom. The zero-order valence-corrected chi connectivity index (χ0v) is 16.2. The predicted molar refractivity (Wildman–Crippen MR) is 107 cm³/mol. The van der Waals surface area contributed by atoms with Crippen LogP contribution in [0.1, 0.15) is 11.9 Å². The van der Waals surface area contributed by atoms with E-state index < -0.39 is 48.2 Å². The lowest BCUT2D eigenvalue weighted by Crippen LogP contribution is -2.43. The van der Waals surface area contributed by atoms with Crippen molar-refractivity contribution < 1.29 is 24.4 Å². The van der Waals surface area contributed by atoms with Crippen LogP contribution in [-0.4, -0.2) is 54.4 Å². The van der Waals surface area contributed by atoms with Crippen LogP contribution in [0.15, 0.2) is 64.4 Å². The molecule has 0 amide bonds. The van der Waals surface area contributed by atoms with Crippen molar-refractivity contribution in [2.24, 2.45) is 0 Å². The monoisotopic (exact) mass is 429 g/mol. The average molecular weight is 429 g/mol. The highest BCUT2D eigenvalue weighted by molar-refractivity contribution is 5.63. The van der Waals surface area contributed by atoms with Crippen molar-refractivity contribution in [3.8, 4) is 11.1 Å². The van der Waals surface area contributed by atoms with Gasteiger partial charge in [-0.3, -0.25) is 18.9 Å². The van der Waals surface area contributed by atoms with Crippen LogP contribution in [0.25, 0.3) is 11.1 Å². The van der Waals surface area contributed by atoms with Gasteiger partial charge in [0.1, 0.15) is 24.1 Å². The Morgan fingerprint density at radius 2 is 1.84 bits per heavy atom. The van der Waals surface area contributed by atoms with Gasteiger partial charge in [-0.05, 0) is 11.6 Å². The SMILES string of the molecule is O=c1ccn([C@@H]2O[C@H](CO)[C@H](O)C2O)c(=O)n1Cc1cc(-c2ccccc2)c(F)cn1. The van der Waals surface area contributed by atoms with Crippen LogP contribution in [0, 0.1) is 5.82 Å². The smallest absolute Gasteiger partial charge is 0.333 e. The Labute approximate surface area is 175 Å². The molecule has 1 fully saturated rings. The molecule has 0 aliphatic carbocycles. The number of benzene rings is 1. The summed E-state index contributed by atoms with van der Waals surface area (Å²) < 4.78 is 21.5. The third kappa shape index (κ3) is 3.93. The van der Waals surface area contributed by atoms with E-state index in [-0.39, 0.29) is 17.8 Å². The second-order valence-electron chi connectivity index (χ2n) is 7.18. The molecule has 0 spiro atoms. The molecule has 3 N–H and O–H groups in total. The number of aromatic nitrogens is 3. The van der Waals surface area contributed by atoms with Gasteiger partial charge in [0, 0.05) is 17.8 Å². The Kier molecular flexibility index (Phi) is 5.79. The molecule has 31 heavy (non-hydrogen) atoms. The summed E-state index contributed by atoms with van der Waals surface area (Å²) in [6, 6.07) is 11.3. The molecular weight excluding hydrogens is 409 g/mol. The molecule has 0 radical (unpaired) electrons. The van der Waals surface area contributed by atoms with E-state index in [2.05, 4.69) is 4.98 Å². The number of pyridine rings is 1. The van der Waals surface area contributed by atoms with E-state index in [9.17, 15) is 29.3 Å². The van der Waals surface area contributed by atoms with Crippen molar-refractivity contribution in [3.63, 3.8) is 0 Å². The summed E-state index contributed by atoms with van der Waals surface area (Å²) in [5.41, 5.74) is -0.264. The van der Waals surface area contributed by atoms with Crippen LogP contribution in [0.3, 0.4) is 0 Å². The number of ether oxygens (including phenoxy) is 1. The molecule has 4 atom stereocenters. The zero-order valence-electron chi connectivity index (χ0n) is 16.2. The van der Waals surface area contributed by atoms with Crippen LogP contribution < -0.4 is 11.2 Å². The standard InChI is InChI=1S/C21H20FN3O6/c22-15-9-23-13(8-14(15)12-4-2-1-3-5-12)10-25-17(27)6-7-24(21(25)30)20-19(29)18(28)16(11-26)31-20/h1-9,16,18-20,26,28-29H,10-11H2/t16-,18+,19?,20-/m1/s1. The van der Waals surface area contributed by atoms with Crippen LogP contribution in [-0.2, 0) is 11.3 Å². The highest BCUT2D eigenvalue weighted by Gasteiger charge is 2.43. The van der Waals surface area contributed by atoms with Gasteiger partial charge < -0.3 is 20.1 Å². The maximum absolute atomic E-state index is 14.3. The lowest BCUT2D eigenvalue weighted by molar-refractivity contribution is -0.0555. The van der Waals surface area contributed by atoms with Crippen molar-refractivity contribution >= 4 is 0 Å². The molecule has 2 aromatic heterocycles. The summed E-state index contributed by atoms with van der Waals surface area (Å²) in [4.78, 5) is 29.3. The summed E-state index contributed by atoms with van der Waals surface area (Å²) in [7, 11) is 0. The number of nitrogens with zero attached hydrogens (tertiary/aromatic N) is 3. The fraction of sp³-hybridized carbons (Fsp3) is 0.286. The van der Waals surface area contributed by atoms with Gasteiger partial charge in [0.2, 0.25) is 0 Å². The van der Waals surface area contributed by atoms with Crippen LogP contribution in [0.5, 0.6) is 0 Å². The van der Waals surface area contributed by atoms with Crippen LogP contribution in [0.4, 0.5) is 4.39 Å². The predicted octanol–water partition coefficient (Wildman–Crippen LogP) is -0.129. The Balaban J connectivity index is 1.70. The molecular formula is C21H20FN3O6. The van der Waals surface area contributed by atoms with Gasteiger partial charge in [0.15, 0.2) is 6.23 Å². The fourth-order valence-corrected chi connectivity index (χ4v) is 3.55. The third-order valence-electron chi connectivity index (χ3n) is 5.20. The van der Waals surface area contributed by atoms with Crippen LogP contribution in [0.2, 0.25) is 0 Å². The summed E-state index contributed by atoms with van der Waals surface area (Å²) in [6.45, 7) is -0.793. The number of hydrogen-bond donors (Lipinski definition) is 3. The minimum Gasteiger partial charge on any atom is -0.394 e. The Morgan fingerprint density at radius 1 is 1.10 bits per heavy atom. The molecule has 1 saturated heterocycles. The number of aliphatic hydroxyl groups excluding tert-OH is 3. The number of hydrogen-bond acceptors (Lipinski definition) is 7. The van der Waals surface area contributed by atoms with E-state index in [0.717, 1.165) is 27.6 Å². The maximum atomic E-state index is 14.3. The molecule has 9 nitrogen and oxygen atoms in total. The van der Waals surface area contributed by atoms with Gasteiger partial charge in [0.05, 0.1) is 25.0 Å². The minimum absolute atomic E-state index is 0.243. The minimum atomic E-state index is -1.48. The fourth-order valence-electron chi connectivity index (χ4n) is 3.55. The molecule has 4 rings (SSSR count). The quantitative estimate of drug-likeness (QED) is 0.516. The normalized spacial score (nSPS) is 23.2. The van der Waals surface area contributed by atoms with Crippen LogP contribution >= 0.6 is 0 Å². The molecule has 1 unspecified atom stereocenters. The second-order valence-corrected chi connectivity index (χ2v) is 7.18. The summed E-state index contributed by atoms with van der Waals surface area (Å²) >= 11 is 0. The number of halogens is 1. The third-order valence-corrected chi connectivity index (χ3v) is 5.20. The van der Waals surface area contributed by atoms with Crippen molar-refractivity contribution in [1.29, 1.82) is 0 Å². The first-order chi connectivity index (χ1) is 14.9. The molecule has 1 aliphatic heterocycles. The molecule has 0 saturated carbocycles. The van der Waals surface area contributed by atoms with Crippen molar-refractivity contribution in [2.75, 3.05) is 6.61 Å². The molecule has 0 bridgehead atoms. The lowest BCUT2D eigenvalue weighted by Gasteiger charge is -2.18. The highest BCUT2D eigenvalue weighted by Crippen LogP contribution is 2.28. The van der Waals surface area contributed by atoms with Gasteiger partial charge in [-0.15, -0.1) is 0 Å². The Bertz CT molecular complexity index is 1200. The molecule has 3 heterocycles. The first kappa shape index (κ1) is 21.1. The van der Waals surface area contributed by atoms with E-state index >= 15 is 0 Å². The molecule has 1 aliphatic rings. The Hall–Kier alpha value is -3.18. The van der Waals surface area contributed by atoms with Gasteiger partial charge in [0.25, 0.3) is 5.56 Å². The van der Waals surface area contributed by atoms with E-state index in [1.54, 1.807) is 30.3 Å². The van der Waals surface area contributed by atoms with E-state index in [1.807, 2.05) is 0 Å². The number of aliphatic hydroxyl groups is 3. The number of rotatable bonds is 5. The molecule has 10 heteroatoms. The first-order valence-corrected chi connectivity index (χ1v) is 9.55. The highest BCUT2D eigenvalue weighted by atomic mass is 19.1. The molecule has 1 aromatic carbocycles. The van der Waals surface area contributed by atoms with Gasteiger partial charge >= 0.3 is 5.69 Å². The molecule has 3 aromatic rings. The topological polar surface area (TPSA) is 127 Å². The van der Waals surface area contributed by atoms with Crippen molar-refractivity contribution in [2.45, 2.75) is 31.1 Å². The van der Waals surface area contributed by atoms with Gasteiger partial charge in [-0.25, -0.2) is 9.18 Å². The summed E-state index contributed by atoms with van der Waals surface area (Å²) in [6.07, 6.45) is -3.05. The van der Waals surface area contributed by atoms with E-state index in [1.165, 1.54) is 6.07 Å². The van der Waals surface area contributed by atoms with E-state index in [0.29, 0.717) is 5.56 Å². The zero-order chi connectivity index (χ0) is 22.1. The van der Waals surface area contributed by atoms with Crippen molar-refractivity contribution in [1.82, 2.24) is 14.1 Å². The average Bonchev–Trinajstić information content (AvgIpc) is 3.07. The second kappa shape index (κ2) is 8.52. The molecule has 162 valence electrons. The van der Waals surface area contributed by atoms with E-state index in [4.69, 9.17) is 4.74 Å².